The second kappa shape index (κ2) is 7.44. The van der Waals surface area contributed by atoms with Gasteiger partial charge in [-0.15, -0.1) is 5.10 Å². The number of carbonyl (C=O) groups is 1. The van der Waals surface area contributed by atoms with Gasteiger partial charge in [0.2, 0.25) is 0 Å². The van der Waals surface area contributed by atoms with Crippen LogP contribution in [-0.4, -0.2) is 71.7 Å². The van der Waals surface area contributed by atoms with Gasteiger partial charge in [-0.3, -0.25) is 9.69 Å². The van der Waals surface area contributed by atoms with Crippen LogP contribution in [0.15, 0.2) is 61.1 Å². The van der Waals surface area contributed by atoms with E-state index >= 15 is 0 Å². The molecule has 1 aromatic carbocycles. The number of rotatable bonds is 4. The van der Waals surface area contributed by atoms with E-state index in [0.717, 1.165) is 36.5 Å². The summed E-state index contributed by atoms with van der Waals surface area (Å²) in [6.07, 6.45) is 3.47. The molecular formula is C20H20N8O. The summed E-state index contributed by atoms with van der Waals surface area (Å²) >= 11 is 0. The Morgan fingerprint density at radius 3 is 2.69 bits per heavy atom. The van der Waals surface area contributed by atoms with Crippen LogP contribution in [0.5, 0.6) is 0 Å². The molecule has 0 spiro atoms. The summed E-state index contributed by atoms with van der Waals surface area (Å²) in [5.41, 5.74) is 3.56. The Kier molecular flexibility index (Phi) is 4.49. The lowest BCUT2D eigenvalue weighted by Crippen LogP contribution is -2.48. The first-order valence-corrected chi connectivity index (χ1v) is 9.55. The van der Waals surface area contributed by atoms with Crippen molar-refractivity contribution >= 4 is 11.4 Å². The number of fused-ring (bicyclic) bond motifs is 1. The smallest absolute Gasteiger partial charge is 0.254 e. The summed E-state index contributed by atoms with van der Waals surface area (Å²) in [5.74, 6) is 0.0345. The van der Waals surface area contributed by atoms with Crippen LogP contribution in [0.3, 0.4) is 0 Å². The largest absolute Gasteiger partial charge is 0.336 e. The van der Waals surface area contributed by atoms with Crippen molar-refractivity contribution in [2.45, 2.75) is 6.54 Å². The van der Waals surface area contributed by atoms with Gasteiger partial charge in [0, 0.05) is 44.5 Å². The number of aromatic nitrogens is 6. The number of amides is 1. The van der Waals surface area contributed by atoms with Crippen LogP contribution in [0.4, 0.5) is 0 Å². The van der Waals surface area contributed by atoms with E-state index in [4.69, 9.17) is 0 Å². The third-order valence-corrected chi connectivity index (χ3v) is 5.17. The summed E-state index contributed by atoms with van der Waals surface area (Å²) in [6.45, 7) is 3.83. The number of pyridine rings is 1. The van der Waals surface area contributed by atoms with Gasteiger partial charge in [0.25, 0.3) is 5.91 Å². The molecule has 9 heteroatoms. The molecule has 4 heterocycles. The monoisotopic (exact) mass is 388 g/mol. The van der Waals surface area contributed by atoms with Crippen molar-refractivity contribution in [2.75, 3.05) is 26.2 Å². The van der Waals surface area contributed by atoms with Gasteiger partial charge in [-0.1, -0.05) is 12.1 Å². The minimum atomic E-state index is 0.0345. The predicted molar refractivity (Wildman–Crippen MR) is 106 cm³/mol. The van der Waals surface area contributed by atoms with Crippen molar-refractivity contribution in [2.24, 2.45) is 0 Å². The molecule has 146 valence electrons. The molecule has 1 saturated heterocycles. The normalized spacial score (nSPS) is 15.1. The van der Waals surface area contributed by atoms with E-state index in [1.54, 1.807) is 4.68 Å². The van der Waals surface area contributed by atoms with E-state index in [1.165, 1.54) is 6.33 Å². The third kappa shape index (κ3) is 3.59. The molecule has 1 aliphatic heterocycles. The van der Waals surface area contributed by atoms with Gasteiger partial charge >= 0.3 is 0 Å². The van der Waals surface area contributed by atoms with Gasteiger partial charge in [0.15, 0.2) is 0 Å². The molecule has 0 N–H and O–H groups in total. The number of benzene rings is 1. The molecule has 1 fully saturated rings. The second-order valence-corrected chi connectivity index (χ2v) is 7.08. The summed E-state index contributed by atoms with van der Waals surface area (Å²) in [5, 5.41) is 15.8. The fourth-order valence-electron chi connectivity index (χ4n) is 3.65. The molecular weight excluding hydrogens is 368 g/mol. The molecule has 0 saturated carbocycles. The lowest BCUT2D eigenvalue weighted by atomic mass is 10.1. The molecule has 29 heavy (non-hydrogen) atoms. The van der Waals surface area contributed by atoms with Crippen molar-refractivity contribution in [1.29, 1.82) is 0 Å². The predicted octanol–water partition coefficient (Wildman–Crippen LogP) is 1.27. The lowest BCUT2D eigenvalue weighted by molar-refractivity contribution is 0.0627. The minimum Gasteiger partial charge on any atom is -0.336 e. The molecule has 5 rings (SSSR count). The minimum absolute atomic E-state index is 0.0345. The summed E-state index contributed by atoms with van der Waals surface area (Å²) in [4.78, 5) is 17.2. The fraction of sp³-hybridized carbons (Fsp3) is 0.250. The van der Waals surface area contributed by atoms with Gasteiger partial charge in [-0.05, 0) is 46.8 Å². The average Bonchev–Trinajstić information content (AvgIpc) is 3.43. The molecule has 1 amide bonds. The molecule has 1 aliphatic rings. The highest BCUT2D eigenvalue weighted by Gasteiger charge is 2.23. The van der Waals surface area contributed by atoms with E-state index in [9.17, 15) is 4.79 Å². The highest BCUT2D eigenvalue weighted by molar-refractivity contribution is 5.94. The zero-order chi connectivity index (χ0) is 19.6. The van der Waals surface area contributed by atoms with Gasteiger partial charge in [0.1, 0.15) is 6.33 Å². The number of nitrogens with zero attached hydrogens (tertiary/aromatic N) is 8. The quantitative estimate of drug-likeness (QED) is 0.523. The van der Waals surface area contributed by atoms with Crippen LogP contribution < -0.4 is 0 Å². The molecule has 0 atom stereocenters. The average molecular weight is 388 g/mol. The van der Waals surface area contributed by atoms with Crippen LogP contribution in [0.25, 0.3) is 11.2 Å². The van der Waals surface area contributed by atoms with Crippen LogP contribution in [-0.2, 0) is 6.54 Å². The number of carbonyl (C=O) groups excluding carboxylic acids is 1. The van der Waals surface area contributed by atoms with Gasteiger partial charge in [-0.2, -0.15) is 5.10 Å². The Morgan fingerprint density at radius 1 is 1.00 bits per heavy atom. The number of hydrogen-bond donors (Lipinski definition) is 0. The van der Waals surface area contributed by atoms with E-state index in [0.29, 0.717) is 18.7 Å². The van der Waals surface area contributed by atoms with Gasteiger partial charge < -0.3 is 4.90 Å². The van der Waals surface area contributed by atoms with Crippen molar-refractivity contribution in [3.63, 3.8) is 0 Å². The molecule has 0 unspecified atom stereocenters. The second-order valence-electron chi connectivity index (χ2n) is 7.08. The van der Waals surface area contributed by atoms with E-state index in [1.807, 2.05) is 52.0 Å². The number of piperazine rings is 1. The standard InChI is InChI=1S/C20H20N8O/c29-20(16-4-3-6-18(12-16)28-15-21-23-24-28)26-10-8-25(9-11-26)14-17-13-19-5-1-2-7-27(19)22-17/h1-7,12-13,15H,8-11,14H2. The molecule has 3 aromatic heterocycles. The lowest BCUT2D eigenvalue weighted by Gasteiger charge is -2.34. The van der Waals surface area contributed by atoms with E-state index in [2.05, 4.69) is 37.7 Å². The van der Waals surface area contributed by atoms with Crippen LogP contribution in [0.1, 0.15) is 16.1 Å². The summed E-state index contributed by atoms with van der Waals surface area (Å²) in [6, 6.07) is 15.5. The Bertz CT molecular complexity index is 1100. The topological polar surface area (TPSA) is 84.5 Å². The maximum absolute atomic E-state index is 12.9. The summed E-state index contributed by atoms with van der Waals surface area (Å²) in [7, 11) is 0. The molecule has 4 aromatic rings. The van der Waals surface area contributed by atoms with Crippen LogP contribution >= 0.6 is 0 Å². The Morgan fingerprint density at radius 2 is 1.90 bits per heavy atom. The van der Waals surface area contributed by atoms with Crippen molar-refractivity contribution in [1.82, 2.24) is 39.6 Å². The van der Waals surface area contributed by atoms with Crippen LogP contribution in [0, 0.1) is 0 Å². The van der Waals surface area contributed by atoms with Crippen molar-refractivity contribution in [3.8, 4) is 5.69 Å². The Balaban J connectivity index is 1.22. The summed E-state index contributed by atoms with van der Waals surface area (Å²) < 4.78 is 3.44. The van der Waals surface area contributed by atoms with E-state index < -0.39 is 0 Å². The fourth-order valence-corrected chi connectivity index (χ4v) is 3.65. The number of hydrogen-bond acceptors (Lipinski definition) is 6. The highest BCUT2D eigenvalue weighted by atomic mass is 16.2. The van der Waals surface area contributed by atoms with E-state index in [-0.39, 0.29) is 5.91 Å². The van der Waals surface area contributed by atoms with Crippen molar-refractivity contribution in [3.05, 3.63) is 72.3 Å². The third-order valence-electron chi connectivity index (χ3n) is 5.17. The first kappa shape index (κ1) is 17.5. The molecule has 0 bridgehead atoms. The van der Waals surface area contributed by atoms with Gasteiger partial charge in [-0.25, -0.2) is 9.20 Å². The molecule has 0 aliphatic carbocycles. The van der Waals surface area contributed by atoms with Gasteiger partial charge in [0.05, 0.1) is 16.9 Å². The maximum Gasteiger partial charge on any atom is 0.254 e. The maximum atomic E-state index is 12.9. The highest BCUT2D eigenvalue weighted by Crippen LogP contribution is 2.15. The zero-order valence-corrected chi connectivity index (χ0v) is 15.8. The molecule has 9 nitrogen and oxygen atoms in total. The SMILES string of the molecule is O=C(c1cccc(-n2cnnn2)c1)N1CCN(Cc2cc3ccccn3n2)CC1. The van der Waals surface area contributed by atoms with Crippen LogP contribution in [0.2, 0.25) is 0 Å². The van der Waals surface area contributed by atoms with Crippen molar-refractivity contribution < 1.29 is 4.79 Å². The molecule has 0 radical (unpaired) electrons. The zero-order valence-electron chi connectivity index (χ0n) is 15.8. The first-order valence-electron chi connectivity index (χ1n) is 9.55. The Labute approximate surface area is 167 Å². The first-order chi connectivity index (χ1) is 14.3. The number of tetrazole rings is 1. The Hall–Kier alpha value is -3.59.